The number of hydrogen-bond acceptors (Lipinski definition) is 3. The molecule has 0 saturated heterocycles. The number of esters is 1. The molecule has 0 heterocycles. The van der Waals surface area contributed by atoms with Crippen molar-refractivity contribution in [1.82, 2.24) is 0 Å². The molecular formula is C12H16O3. The number of carbonyl (C=O) groups excluding carboxylic acids is 1. The van der Waals surface area contributed by atoms with Crippen molar-refractivity contribution in [1.29, 1.82) is 0 Å². The minimum Gasteiger partial charge on any atom is -0.463 e. The Bertz CT molecular complexity index is 345. The molecule has 0 amide bonds. The third kappa shape index (κ3) is 3.72. The summed E-state index contributed by atoms with van der Waals surface area (Å²) in [5.74, 6) is -0.295. The van der Waals surface area contributed by atoms with Crippen LogP contribution in [0.25, 0.3) is 0 Å². The largest absolute Gasteiger partial charge is 0.463 e. The van der Waals surface area contributed by atoms with Crippen molar-refractivity contribution in [2.75, 3.05) is 13.2 Å². The Morgan fingerprint density at radius 2 is 2.13 bits per heavy atom. The molecule has 1 aromatic carbocycles. The molecule has 0 aliphatic heterocycles. The molecule has 0 atom stereocenters. The lowest BCUT2D eigenvalue weighted by atomic mass is 10.0. The normalized spacial score (nSPS) is 10.1. The SMILES string of the molecule is Cc1ccc(CC(=O)OCCO)c(C)c1. The van der Waals surface area contributed by atoms with Crippen molar-refractivity contribution >= 4 is 5.97 Å². The summed E-state index contributed by atoms with van der Waals surface area (Å²) in [6.45, 7) is 3.94. The number of aliphatic hydroxyl groups excluding tert-OH is 1. The van der Waals surface area contributed by atoms with Gasteiger partial charge in [-0.1, -0.05) is 23.8 Å². The van der Waals surface area contributed by atoms with E-state index in [0.717, 1.165) is 11.1 Å². The minimum absolute atomic E-state index is 0.0732. The average Bonchev–Trinajstić information content (AvgIpc) is 2.19. The third-order valence-corrected chi connectivity index (χ3v) is 2.19. The summed E-state index contributed by atoms with van der Waals surface area (Å²) in [5, 5.41) is 8.49. The van der Waals surface area contributed by atoms with Crippen molar-refractivity contribution in [3.05, 3.63) is 34.9 Å². The summed E-state index contributed by atoms with van der Waals surface area (Å²) in [6, 6.07) is 5.95. The third-order valence-electron chi connectivity index (χ3n) is 2.19. The Morgan fingerprint density at radius 3 is 2.73 bits per heavy atom. The van der Waals surface area contributed by atoms with Gasteiger partial charge in [-0.25, -0.2) is 0 Å². The Morgan fingerprint density at radius 1 is 1.40 bits per heavy atom. The summed E-state index contributed by atoms with van der Waals surface area (Å²) < 4.78 is 4.79. The number of benzene rings is 1. The van der Waals surface area contributed by atoms with Crippen LogP contribution < -0.4 is 0 Å². The van der Waals surface area contributed by atoms with E-state index in [0.29, 0.717) is 0 Å². The number of hydrogen-bond donors (Lipinski definition) is 1. The van der Waals surface area contributed by atoms with Crippen LogP contribution in [-0.4, -0.2) is 24.3 Å². The monoisotopic (exact) mass is 208 g/mol. The van der Waals surface area contributed by atoms with Gasteiger partial charge in [0, 0.05) is 0 Å². The van der Waals surface area contributed by atoms with Crippen LogP contribution in [0.15, 0.2) is 18.2 Å². The molecular weight excluding hydrogens is 192 g/mol. The standard InChI is InChI=1S/C12H16O3/c1-9-3-4-11(10(2)7-9)8-12(14)15-6-5-13/h3-4,7,13H,5-6,8H2,1-2H3. The van der Waals surface area contributed by atoms with Crippen LogP contribution in [0.5, 0.6) is 0 Å². The fourth-order valence-corrected chi connectivity index (χ4v) is 1.41. The molecule has 3 nitrogen and oxygen atoms in total. The Kier molecular flexibility index (Phi) is 4.31. The van der Waals surface area contributed by atoms with E-state index in [4.69, 9.17) is 9.84 Å². The summed E-state index contributed by atoms with van der Waals surface area (Å²) in [7, 11) is 0. The van der Waals surface area contributed by atoms with E-state index in [2.05, 4.69) is 0 Å². The first-order valence-corrected chi connectivity index (χ1v) is 4.96. The molecule has 0 unspecified atom stereocenters. The number of aliphatic hydroxyl groups is 1. The van der Waals surface area contributed by atoms with Crippen LogP contribution in [0, 0.1) is 13.8 Å². The molecule has 3 heteroatoms. The van der Waals surface area contributed by atoms with Gasteiger partial charge < -0.3 is 9.84 Å². The smallest absolute Gasteiger partial charge is 0.310 e. The molecule has 0 radical (unpaired) electrons. The van der Waals surface area contributed by atoms with Gasteiger partial charge in [0.25, 0.3) is 0 Å². The molecule has 82 valence electrons. The maximum absolute atomic E-state index is 11.3. The van der Waals surface area contributed by atoms with Crippen molar-refractivity contribution in [3.8, 4) is 0 Å². The highest BCUT2D eigenvalue weighted by molar-refractivity contribution is 5.73. The van der Waals surface area contributed by atoms with E-state index in [1.165, 1.54) is 5.56 Å². The van der Waals surface area contributed by atoms with Crippen LogP contribution in [0.3, 0.4) is 0 Å². The fourth-order valence-electron chi connectivity index (χ4n) is 1.41. The summed E-state index contributed by atoms with van der Waals surface area (Å²) in [6.07, 6.45) is 0.270. The Balaban J connectivity index is 2.60. The second kappa shape index (κ2) is 5.51. The van der Waals surface area contributed by atoms with Gasteiger partial charge in [0.1, 0.15) is 6.61 Å². The van der Waals surface area contributed by atoms with Gasteiger partial charge in [-0.3, -0.25) is 4.79 Å². The fraction of sp³-hybridized carbons (Fsp3) is 0.417. The highest BCUT2D eigenvalue weighted by Gasteiger charge is 2.06. The Hall–Kier alpha value is -1.35. The lowest BCUT2D eigenvalue weighted by molar-refractivity contribution is -0.143. The second-order valence-corrected chi connectivity index (χ2v) is 3.55. The van der Waals surface area contributed by atoms with Gasteiger partial charge >= 0.3 is 5.97 Å². The quantitative estimate of drug-likeness (QED) is 0.760. The molecule has 1 aromatic rings. The number of ether oxygens (including phenoxy) is 1. The maximum atomic E-state index is 11.3. The summed E-state index contributed by atoms with van der Waals surface area (Å²) in [4.78, 5) is 11.3. The maximum Gasteiger partial charge on any atom is 0.310 e. The first kappa shape index (κ1) is 11.7. The van der Waals surface area contributed by atoms with Gasteiger partial charge in [0.05, 0.1) is 13.0 Å². The minimum atomic E-state index is -0.295. The lowest BCUT2D eigenvalue weighted by Crippen LogP contribution is -2.11. The lowest BCUT2D eigenvalue weighted by Gasteiger charge is -2.06. The number of carbonyl (C=O) groups is 1. The van der Waals surface area contributed by atoms with E-state index in [1.54, 1.807) is 0 Å². The van der Waals surface area contributed by atoms with Gasteiger partial charge in [-0.05, 0) is 25.0 Å². The molecule has 0 spiro atoms. The summed E-state index contributed by atoms with van der Waals surface area (Å²) >= 11 is 0. The average molecular weight is 208 g/mol. The molecule has 0 bridgehead atoms. The molecule has 0 saturated carbocycles. The molecule has 0 aliphatic carbocycles. The molecule has 0 aliphatic rings. The van der Waals surface area contributed by atoms with E-state index in [1.807, 2.05) is 32.0 Å². The zero-order chi connectivity index (χ0) is 11.3. The van der Waals surface area contributed by atoms with E-state index in [-0.39, 0.29) is 25.6 Å². The van der Waals surface area contributed by atoms with Crippen LogP contribution in [0.2, 0.25) is 0 Å². The van der Waals surface area contributed by atoms with E-state index in [9.17, 15) is 4.79 Å². The van der Waals surface area contributed by atoms with Crippen molar-refractivity contribution < 1.29 is 14.6 Å². The number of rotatable bonds is 4. The predicted molar refractivity (Wildman–Crippen MR) is 57.7 cm³/mol. The zero-order valence-corrected chi connectivity index (χ0v) is 9.12. The van der Waals surface area contributed by atoms with Crippen LogP contribution in [0.4, 0.5) is 0 Å². The molecule has 15 heavy (non-hydrogen) atoms. The topological polar surface area (TPSA) is 46.5 Å². The predicted octanol–water partition coefficient (Wildman–Crippen LogP) is 1.38. The molecule has 0 fully saturated rings. The second-order valence-electron chi connectivity index (χ2n) is 3.55. The molecule has 0 aromatic heterocycles. The van der Waals surface area contributed by atoms with E-state index >= 15 is 0 Å². The van der Waals surface area contributed by atoms with Crippen molar-refractivity contribution in [2.24, 2.45) is 0 Å². The highest BCUT2D eigenvalue weighted by atomic mass is 16.5. The van der Waals surface area contributed by atoms with Gasteiger partial charge in [0.2, 0.25) is 0 Å². The van der Waals surface area contributed by atoms with Crippen LogP contribution in [0.1, 0.15) is 16.7 Å². The van der Waals surface area contributed by atoms with Gasteiger partial charge in [-0.15, -0.1) is 0 Å². The zero-order valence-electron chi connectivity index (χ0n) is 9.12. The first-order chi connectivity index (χ1) is 7.13. The van der Waals surface area contributed by atoms with Gasteiger partial charge in [-0.2, -0.15) is 0 Å². The first-order valence-electron chi connectivity index (χ1n) is 4.96. The van der Waals surface area contributed by atoms with Crippen molar-refractivity contribution in [2.45, 2.75) is 20.3 Å². The van der Waals surface area contributed by atoms with Crippen molar-refractivity contribution in [3.63, 3.8) is 0 Å². The van der Waals surface area contributed by atoms with Crippen LogP contribution in [-0.2, 0) is 16.0 Å². The highest BCUT2D eigenvalue weighted by Crippen LogP contribution is 2.11. The molecule has 1 rings (SSSR count). The van der Waals surface area contributed by atoms with Crippen LogP contribution >= 0.6 is 0 Å². The number of aryl methyl sites for hydroxylation is 2. The van der Waals surface area contributed by atoms with E-state index < -0.39 is 0 Å². The molecule has 1 N–H and O–H groups in total. The Labute approximate surface area is 89.7 Å². The van der Waals surface area contributed by atoms with Gasteiger partial charge in [0.15, 0.2) is 0 Å². The summed E-state index contributed by atoms with van der Waals surface area (Å²) in [5.41, 5.74) is 3.25.